The molecule has 0 aromatic heterocycles. The van der Waals surface area contributed by atoms with Crippen LogP contribution >= 0.6 is 15.9 Å². The summed E-state index contributed by atoms with van der Waals surface area (Å²) in [6, 6.07) is 6.92. The Hall–Kier alpha value is -0.430. The van der Waals surface area contributed by atoms with Gasteiger partial charge in [-0.25, -0.2) is 8.42 Å². The summed E-state index contributed by atoms with van der Waals surface area (Å²) in [6.45, 7) is 3.17. The molecule has 2 atom stereocenters. The van der Waals surface area contributed by atoms with Gasteiger partial charge in [0.1, 0.15) is 0 Å². The number of benzene rings is 1. The Bertz CT molecular complexity index is 549. The van der Waals surface area contributed by atoms with Crippen molar-refractivity contribution in [2.45, 2.75) is 4.90 Å². The normalized spacial score (nSPS) is 28.5. The number of sulfonamides is 1. The van der Waals surface area contributed by atoms with Gasteiger partial charge in [0.05, 0.1) is 4.90 Å². The molecule has 4 nitrogen and oxygen atoms in total. The number of rotatable bonds is 2. The van der Waals surface area contributed by atoms with E-state index >= 15 is 0 Å². The molecule has 0 saturated carbocycles. The molecule has 2 fully saturated rings. The summed E-state index contributed by atoms with van der Waals surface area (Å²) in [4.78, 5) is 0.379. The molecule has 2 aliphatic rings. The van der Waals surface area contributed by atoms with Crippen LogP contribution in [-0.2, 0) is 10.0 Å². The number of fused-ring (bicyclic) bond motifs is 1. The fourth-order valence-corrected chi connectivity index (χ4v) is 4.94. The minimum Gasteiger partial charge on any atom is -0.316 e. The van der Waals surface area contributed by atoms with E-state index in [0.717, 1.165) is 17.6 Å². The standard InChI is InChI=1S/C12H15BrN2O2S/c13-11-2-1-3-12(4-11)18(16,17)15-7-9-5-14-6-10(9)8-15/h1-4,9-10,14H,5-8H2. The van der Waals surface area contributed by atoms with Gasteiger partial charge in [-0.1, -0.05) is 22.0 Å². The van der Waals surface area contributed by atoms with Crippen molar-refractivity contribution in [2.75, 3.05) is 26.2 Å². The molecule has 1 aromatic rings. The number of nitrogens with one attached hydrogen (secondary N) is 1. The molecule has 1 N–H and O–H groups in total. The lowest BCUT2D eigenvalue weighted by molar-refractivity contribution is 0.448. The molecule has 0 aliphatic carbocycles. The number of halogens is 1. The zero-order valence-electron chi connectivity index (χ0n) is 9.84. The Labute approximate surface area is 116 Å². The van der Waals surface area contributed by atoms with Crippen LogP contribution in [0.1, 0.15) is 0 Å². The van der Waals surface area contributed by atoms with Crippen LogP contribution in [-0.4, -0.2) is 38.9 Å². The summed E-state index contributed by atoms with van der Waals surface area (Å²) in [5.74, 6) is 0.957. The van der Waals surface area contributed by atoms with Crippen molar-refractivity contribution in [3.05, 3.63) is 28.7 Å². The maximum absolute atomic E-state index is 12.5. The first-order chi connectivity index (χ1) is 8.57. The summed E-state index contributed by atoms with van der Waals surface area (Å²) in [6.07, 6.45) is 0. The van der Waals surface area contributed by atoms with Crippen LogP contribution < -0.4 is 5.32 Å². The quantitative estimate of drug-likeness (QED) is 0.888. The van der Waals surface area contributed by atoms with E-state index in [1.165, 1.54) is 0 Å². The minimum absolute atomic E-state index is 0.379. The minimum atomic E-state index is -3.33. The summed E-state index contributed by atoms with van der Waals surface area (Å²) >= 11 is 3.32. The van der Waals surface area contributed by atoms with E-state index in [9.17, 15) is 8.42 Å². The largest absolute Gasteiger partial charge is 0.316 e. The number of hydrogen-bond acceptors (Lipinski definition) is 3. The maximum atomic E-state index is 12.5. The highest BCUT2D eigenvalue weighted by Crippen LogP contribution is 2.31. The van der Waals surface area contributed by atoms with E-state index in [1.54, 1.807) is 22.5 Å². The zero-order chi connectivity index (χ0) is 12.8. The maximum Gasteiger partial charge on any atom is 0.243 e. The second-order valence-corrected chi connectivity index (χ2v) is 7.81. The molecule has 18 heavy (non-hydrogen) atoms. The first-order valence-corrected chi connectivity index (χ1v) is 8.27. The van der Waals surface area contributed by atoms with Crippen LogP contribution in [0.5, 0.6) is 0 Å². The third-order valence-electron chi connectivity index (χ3n) is 3.79. The van der Waals surface area contributed by atoms with Gasteiger partial charge in [0.25, 0.3) is 0 Å². The molecule has 0 bridgehead atoms. The topological polar surface area (TPSA) is 49.4 Å². The fourth-order valence-electron chi connectivity index (χ4n) is 2.79. The Morgan fingerprint density at radius 2 is 1.89 bits per heavy atom. The first-order valence-electron chi connectivity index (χ1n) is 6.04. The highest BCUT2D eigenvalue weighted by atomic mass is 79.9. The molecular weight excluding hydrogens is 316 g/mol. The molecule has 6 heteroatoms. The molecule has 3 rings (SSSR count). The van der Waals surface area contributed by atoms with Crippen LogP contribution in [0.25, 0.3) is 0 Å². The molecule has 1 aromatic carbocycles. The number of hydrogen-bond donors (Lipinski definition) is 1. The van der Waals surface area contributed by atoms with E-state index in [0.29, 0.717) is 29.8 Å². The molecule has 2 unspecified atom stereocenters. The zero-order valence-corrected chi connectivity index (χ0v) is 12.2. The summed E-state index contributed by atoms with van der Waals surface area (Å²) in [5, 5.41) is 3.32. The van der Waals surface area contributed by atoms with Gasteiger partial charge in [-0.3, -0.25) is 0 Å². The Morgan fingerprint density at radius 1 is 1.22 bits per heavy atom. The summed E-state index contributed by atoms with van der Waals surface area (Å²) in [7, 11) is -3.33. The Balaban J connectivity index is 1.87. The Morgan fingerprint density at radius 3 is 2.50 bits per heavy atom. The molecule has 2 saturated heterocycles. The summed E-state index contributed by atoms with van der Waals surface area (Å²) in [5.41, 5.74) is 0. The predicted molar refractivity (Wildman–Crippen MR) is 72.8 cm³/mol. The van der Waals surface area contributed by atoms with Crippen molar-refractivity contribution in [3.8, 4) is 0 Å². The molecule has 98 valence electrons. The van der Waals surface area contributed by atoms with Gasteiger partial charge >= 0.3 is 0 Å². The van der Waals surface area contributed by atoms with Crippen molar-refractivity contribution in [3.63, 3.8) is 0 Å². The molecule has 0 amide bonds. The molecule has 2 heterocycles. The van der Waals surface area contributed by atoms with E-state index in [2.05, 4.69) is 21.2 Å². The Kier molecular flexibility index (Phi) is 3.21. The van der Waals surface area contributed by atoms with Crippen LogP contribution in [0.15, 0.2) is 33.6 Å². The van der Waals surface area contributed by atoms with Crippen LogP contribution in [0.3, 0.4) is 0 Å². The van der Waals surface area contributed by atoms with Gasteiger partial charge < -0.3 is 5.32 Å². The van der Waals surface area contributed by atoms with Crippen LogP contribution in [0.4, 0.5) is 0 Å². The second-order valence-electron chi connectivity index (χ2n) is 4.96. The summed E-state index contributed by atoms with van der Waals surface area (Å²) < 4.78 is 27.4. The lowest BCUT2D eigenvalue weighted by Gasteiger charge is -2.17. The van der Waals surface area contributed by atoms with Gasteiger partial charge in [-0.05, 0) is 43.1 Å². The third-order valence-corrected chi connectivity index (χ3v) is 6.11. The monoisotopic (exact) mass is 330 g/mol. The van der Waals surface area contributed by atoms with Crippen LogP contribution in [0.2, 0.25) is 0 Å². The van der Waals surface area contributed by atoms with Gasteiger partial charge in [-0.15, -0.1) is 0 Å². The van der Waals surface area contributed by atoms with Gasteiger partial charge in [0.15, 0.2) is 0 Å². The lowest BCUT2D eigenvalue weighted by Crippen LogP contribution is -2.31. The smallest absolute Gasteiger partial charge is 0.243 e. The van der Waals surface area contributed by atoms with Crippen molar-refractivity contribution in [1.29, 1.82) is 0 Å². The highest BCUT2D eigenvalue weighted by Gasteiger charge is 2.41. The number of nitrogens with zero attached hydrogens (tertiary/aromatic N) is 1. The predicted octanol–water partition coefficient (Wildman–Crippen LogP) is 1.29. The second kappa shape index (κ2) is 4.59. The molecule has 0 radical (unpaired) electrons. The highest BCUT2D eigenvalue weighted by molar-refractivity contribution is 9.10. The molecule has 2 aliphatic heterocycles. The van der Waals surface area contributed by atoms with Crippen molar-refractivity contribution in [1.82, 2.24) is 9.62 Å². The van der Waals surface area contributed by atoms with Crippen LogP contribution in [0, 0.1) is 11.8 Å². The average molecular weight is 331 g/mol. The van der Waals surface area contributed by atoms with Crippen molar-refractivity contribution >= 4 is 26.0 Å². The van der Waals surface area contributed by atoms with Crippen molar-refractivity contribution in [2.24, 2.45) is 11.8 Å². The van der Waals surface area contributed by atoms with E-state index in [-0.39, 0.29) is 0 Å². The molecular formula is C12H15BrN2O2S. The van der Waals surface area contributed by atoms with Gasteiger partial charge in [-0.2, -0.15) is 4.31 Å². The van der Waals surface area contributed by atoms with Gasteiger partial charge in [0.2, 0.25) is 10.0 Å². The van der Waals surface area contributed by atoms with Crippen molar-refractivity contribution < 1.29 is 8.42 Å². The SMILES string of the molecule is O=S(=O)(c1cccc(Br)c1)N1CC2CNCC2C1. The molecule has 0 spiro atoms. The van der Waals surface area contributed by atoms with E-state index < -0.39 is 10.0 Å². The third kappa shape index (κ3) is 2.11. The first kappa shape index (κ1) is 12.6. The van der Waals surface area contributed by atoms with E-state index in [1.807, 2.05) is 6.07 Å². The average Bonchev–Trinajstić information content (AvgIpc) is 2.89. The van der Waals surface area contributed by atoms with E-state index in [4.69, 9.17) is 0 Å². The fraction of sp³-hybridized carbons (Fsp3) is 0.500. The van der Waals surface area contributed by atoms with Gasteiger partial charge in [0, 0.05) is 17.6 Å². The lowest BCUT2D eigenvalue weighted by atomic mass is 10.0.